The predicted molar refractivity (Wildman–Crippen MR) is 70.2 cm³/mol. The molecule has 0 aliphatic carbocycles. The quantitative estimate of drug-likeness (QED) is 0.925. The molecule has 2 aromatic rings. The number of para-hydroxylation sites is 1. The number of methoxy groups -OCH3 is 1. The van der Waals surface area contributed by atoms with Crippen LogP contribution >= 0.6 is 11.6 Å². The van der Waals surface area contributed by atoms with Crippen LogP contribution in [0.5, 0.6) is 5.88 Å². The smallest absolute Gasteiger partial charge is 0.257 e. The van der Waals surface area contributed by atoms with Crippen LogP contribution in [-0.2, 0) is 0 Å². The van der Waals surface area contributed by atoms with Gasteiger partial charge in [-0.05, 0) is 18.2 Å². The van der Waals surface area contributed by atoms with E-state index in [4.69, 9.17) is 16.3 Å². The second-order valence-electron chi connectivity index (χ2n) is 3.52. The Bertz CT molecular complexity index is 555. The number of hydrogen-bond donors (Lipinski definition) is 1. The van der Waals surface area contributed by atoms with Gasteiger partial charge in [-0.15, -0.1) is 0 Å². The maximum absolute atomic E-state index is 11.9. The molecule has 0 unspecified atom stereocenters. The molecule has 1 aromatic carbocycles. The molecule has 0 saturated carbocycles. The zero-order valence-corrected chi connectivity index (χ0v) is 10.4. The summed E-state index contributed by atoms with van der Waals surface area (Å²) in [5.74, 6) is 0.197. The van der Waals surface area contributed by atoms with Gasteiger partial charge in [0, 0.05) is 12.3 Å². The predicted octanol–water partition coefficient (Wildman–Crippen LogP) is 3.00. The van der Waals surface area contributed by atoms with Gasteiger partial charge in [-0.2, -0.15) is 0 Å². The minimum absolute atomic E-state index is 0.266. The van der Waals surface area contributed by atoms with Crippen LogP contribution in [0.3, 0.4) is 0 Å². The number of carbonyl (C=O) groups excluding carboxylic acids is 1. The summed E-state index contributed by atoms with van der Waals surface area (Å²) in [7, 11) is 1.52. The summed E-state index contributed by atoms with van der Waals surface area (Å²) >= 11 is 5.95. The number of pyridine rings is 1. The number of nitrogens with one attached hydrogen (secondary N) is 1. The number of aromatic nitrogens is 1. The van der Waals surface area contributed by atoms with Crippen LogP contribution in [0.4, 0.5) is 5.69 Å². The number of anilines is 1. The lowest BCUT2D eigenvalue weighted by Gasteiger charge is -2.07. The molecular weight excluding hydrogens is 252 g/mol. The molecule has 1 N–H and O–H groups in total. The van der Waals surface area contributed by atoms with Crippen LogP contribution in [0.25, 0.3) is 0 Å². The average molecular weight is 263 g/mol. The third-order valence-corrected chi connectivity index (χ3v) is 2.66. The van der Waals surface area contributed by atoms with Crippen molar-refractivity contribution in [1.29, 1.82) is 0 Å². The molecule has 0 aliphatic rings. The summed E-state index contributed by atoms with van der Waals surface area (Å²) in [6, 6.07) is 10.3. The minimum atomic E-state index is -0.266. The van der Waals surface area contributed by atoms with E-state index >= 15 is 0 Å². The fraction of sp³-hybridized carbons (Fsp3) is 0.0769. The summed E-state index contributed by atoms with van der Waals surface area (Å²) in [4.78, 5) is 15.9. The van der Waals surface area contributed by atoms with E-state index in [1.807, 2.05) is 0 Å². The van der Waals surface area contributed by atoms with Gasteiger partial charge in [-0.1, -0.05) is 23.7 Å². The van der Waals surface area contributed by atoms with Gasteiger partial charge in [0.15, 0.2) is 0 Å². The molecule has 1 aromatic heterocycles. The first-order chi connectivity index (χ1) is 8.70. The van der Waals surface area contributed by atoms with E-state index in [0.29, 0.717) is 22.2 Å². The van der Waals surface area contributed by atoms with Gasteiger partial charge in [0.1, 0.15) is 0 Å². The zero-order valence-electron chi connectivity index (χ0n) is 9.68. The highest BCUT2D eigenvalue weighted by molar-refractivity contribution is 6.33. The van der Waals surface area contributed by atoms with Gasteiger partial charge in [0.25, 0.3) is 5.91 Å². The fourth-order valence-corrected chi connectivity index (χ4v) is 1.58. The van der Waals surface area contributed by atoms with Crippen LogP contribution in [0.2, 0.25) is 5.02 Å². The van der Waals surface area contributed by atoms with Crippen molar-refractivity contribution in [2.45, 2.75) is 0 Å². The Balaban J connectivity index is 2.14. The Labute approximate surface area is 110 Å². The molecule has 0 fully saturated rings. The van der Waals surface area contributed by atoms with E-state index in [1.54, 1.807) is 36.4 Å². The molecule has 18 heavy (non-hydrogen) atoms. The number of ether oxygens (including phenoxy) is 1. The fourth-order valence-electron chi connectivity index (χ4n) is 1.39. The number of halogens is 1. The summed E-state index contributed by atoms with van der Waals surface area (Å²) < 4.78 is 4.92. The van der Waals surface area contributed by atoms with Crippen molar-refractivity contribution in [2.75, 3.05) is 12.4 Å². The topological polar surface area (TPSA) is 51.2 Å². The molecule has 92 valence electrons. The highest BCUT2D eigenvalue weighted by Crippen LogP contribution is 2.21. The number of hydrogen-bond acceptors (Lipinski definition) is 3. The summed E-state index contributed by atoms with van der Waals surface area (Å²) in [5, 5.41) is 3.21. The third kappa shape index (κ3) is 2.78. The first-order valence-corrected chi connectivity index (χ1v) is 5.64. The van der Waals surface area contributed by atoms with Gasteiger partial charge >= 0.3 is 0 Å². The summed E-state index contributed by atoms with van der Waals surface area (Å²) in [6.07, 6.45) is 1.45. The van der Waals surface area contributed by atoms with Crippen LogP contribution in [0.15, 0.2) is 42.6 Å². The molecule has 1 amide bonds. The van der Waals surface area contributed by atoms with Crippen molar-refractivity contribution < 1.29 is 9.53 Å². The molecular formula is C13H11ClN2O2. The van der Waals surface area contributed by atoms with Gasteiger partial charge in [-0.25, -0.2) is 4.98 Å². The number of amides is 1. The Morgan fingerprint density at radius 2 is 2.06 bits per heavy atom. The molecule has 2 rings (SSSR count). The van der Waals surface area contributed by atoms with Crippen LogP contribution in [0, 0.1) is 0 Å². The van der Waals surface area contributed by atoms with Crippen molar-refractivity contribution in [3.05, 3.63) is 53.2 Å². The number of nitrogens with zero attached hydrogens (tertiary/aromatic N) is 1. The van der Waals surface area contributed by atoms with E-state index in [9.17, 15) is 4.79 Å². The van der Waals surface area contributed by atoms with Gasteiger partial charge in [0.05, 0.1) is 23.4 Å². The van der Waals surface area contributed by atoms with E-state index in [1.165, 1.54) is 13.3 Å². The third-order valence-electron chi connectivity index (χ3n) is 2.33. The van der Waals surface area contributed by atoms with Gasteiger partial charge < -0.3 is 10.1 Å². The molecule has 0 atom stereocenters. The number of carbonyl (C=O) groups is 1. The van der Waals surface area contributed by atoms with E-state index in [2.05, 4.69) is 10.3 Å². The first kappa shape index (κ1) is 12.4. The summed E-state index contributed by atoms with van der Waals surface area (Å²) in [5.41, 5.74) is 1.01. The van der Waals surface area contributed by atoms with E-state index < -0.39 is 0 Å². The molecule has 0 aliphatic heterocycles. The second-order valence-corrected chi connectivity index (χ2v) is 3.93. The molecule has 0 spiro atoms. The molecule has 5 heteroatoms. The normalized spacial score (nSPS) is 9.89. The Morgan fingerprint density at radius 3 is 2.67 bits per heavy atom. The zero-order chi connectivity index (χ0) is 13.0. The highest BCUT2D eigenvalue weighted by Gasteiger charge is 2.08. The number of benzene rings is 1. The van der Waals surface area contributed by atoms with Gasteiger partial charge in [-0.3, -0.25) is 4.79 Å². The van der Waals surface area contributed by atoms with Crippen LogP contribution in [-0.4, -0.2) is 18.0 Å². The van der Waals surface area contributed by atoms with Crippen LogP contribution in [0.1, 0.15) is 10.4 Å². The molecule has 1 heterocycles. The Morgan fingerprint density at radius 1 is 1.28 bits per heavy atom. The monoisotopic (exact) mass is 262 g/mol. The minimum Gasteiger partial charge on any atom is -0.481 e. The van der Waals surface area contributed by atoms with Crippen LogP contribution < -0.4 is 10.1 Å². The largest absolute Gasteiger partial charge is 0.481 e. The lowest BCUT2D eigenvalue weighted by atomic mass is 10.2. The first-order valence-electron chi connectivity index (χ1n) is 5.26. The van der Waals surface area contributed by atoms with Crippen molar-refractivity contribution in [2.24, 2.45) is 0 Å². The lowest BCUT2D eigenvalue weighted by molar-refractivity contribution is 0.102. The molecule has 0 radical (unpaired) electrons. The SMILES string of the molecule is COc1ccc(C(=O)Nc2ccccc2Cl)cn1. The standard InChI is InChI=1S/C13H11ClN2O2/c1-18-12-7-6-9(8-15-12)13(17)16-11-5-3-2-4-10(11)14/h2-8H,1H3,(H,16,17). The van der Waals surface area contributed by atoms with E-state index in [-0.39, 0.29) is 5.91 Å². The van der Waals surface area contributed by atoms with Gasteiger partial charge in [0.2, 0.25) is 5.88 Å². The Kier molecular flexibility index (Phi) is 3.79. The maximum Gasteiger partial charge on any atom is 0.257 e. The average Bonchev–Trinajstić information content (AvgIpc) is 2.41. The number of rotatable bonds is 3. The van der Waals surface area contributed by atoms with Crippen molar-refractivity contribution in [1.82, 2.24) is 4.98 Å². The van der Waals surface area contributed by atoms with Crippen molar-refractivity contribution in [3.8, 4) is 5.88 Å². The summed E-state index contributed by atoms with van der Waals surface area (Å²) in [6.45, 7) is 0. The van der Waals surface area contributed by atoms with E-state index in [0.717, 1.165) is 0 Å². The maximum atomic E-state index is 11.9. The molecule has 4 nitrogen and oxygen atoms in total. The Hall–Kier alpha value is -2.07. The van der Waals surface area contributed by atoms with Crippen molar-refractivity contribution in [3.63, 3.8) is 0 Å². The van der Waals surface area contributed by atoms with Crippen molar-refractivity contribution >= 4 is 23.2 Å². The second kappa shape index (κ2) is 5.51. The molecule has 0 bridgehead atoms. The highest BCUT2D eigenvalue weighted by atomic mass is 35.5. The lowest BCUT2D eigenvalue weighted by Crippen LogP contribution is -2.12. The molecule has 0 saturated heterocycles.